The van der Waals surface area contributed by atoms with E-state index in [-0.39, 0.29) is 5.41 Å². The van der Waals surface area contributed by atoms with Crippen molar-refractivity contribution in [2.75, 3.05) is 18.4 Å². The predicted molar refractivity (Wildman–Crippen MR) is 67.6 cm³/mol. The first kappa shape index (κ1) is 13.2. The SMILES string of the molecule is CCC(CC)(CN)CNc1ncc(Cl)cn1. The highest BCUT2D eigenvalue weighted by molar-refractivity contribution is 6.30. The average molecular weight is 243 g/mol. The summed E-state index contributed by atoms with van der Waals surface area (Å²) in [7, 11) is 0. The Balaban J connectivity index is 2.58. The fourth-order valence-corrected chi connectivity index (χ4v) is 1.63. The molecule has 1 aromatic heterocycles. The number of aromatic nitrogens is 2. The first-order valence-electron chi connectivity index (χ1n) is 5.57. The summed E-state index contributed by atoms with van der Waals surface area (Å²) in [6, 6.07) is 0. The van der Waals surface area contributed by atoms with E-state index in [0.717, 1.165) is 19.4 Å². The number of nitrogens with two attached hydrogens (primary N) is 1. The maximum Gasteiger partial charge on any atom is 0.222 e. The van der Waals surface area contributed by atoms with Crippen molar-refractivity contribution in [1.82, 2.24) is 9.97 Å². The summed E-state index contributed by atoms with van der Waals surface area (Å²) in [5.41, 5.74) is 5.94. The molecule has 0 aliphatic heterocycles. The third-order valence-electron chi connectivity index (χ3n) is 3.17. The van der Waals surface area contributed by atoms with Gasteiger partial charge in [0.15, 0.2) is 0 Å². The molecule has 0 aromatic carbocycles. The Morgan fingerprint density at radius 3 is 2.31 bits per heavy atom. The van der Waals surface area contributed by atoms with Crippen molar-refractivity contribution in [3.63, 3.8) is 0 Å². The molecule has 90 valence electrons. The summed E-state index contributed by atoms with van der Waals surface area (Å²) in [5.74, 6) is 0.601. The van der Waals surface area contributed by atoms with Crippen LogP contribution in [0.3, 0.4) is 0 Å². The molecule has 0 spiro atoms. The minimum atomic E-state index is 0.128. The second-order valence-corrected chi connectivity index (χ2v) is 4.43. The van der Waals surface area contributed by atoms with Gasteiger partial charge in [-0.1, -0.05) is 25.4 Å². The molecular formula is C11H19ClN4. The Morgan fingerprint density at radius 2 is 1.88 bits per heavy atom. The summed E-state index contributed by atoms with van der Waals surface area (Å²) >= 11 is 5.71. The van der Waals surface area contributed by atoms with Gasteiger partial charge >= 0.3 is 0 Å². The molecule has 5 heteroatoms. The van der Waals surface area contributed by atoms with Gasteiger partial charge in [0, 0.05) is 6.54 Å². The van der Waals surface area contributed by atoms with Crippen molar-refractivity contribution in [3.05, 3.63) is 17.4 Å². The summed E-state index contributed by atoms with van der Waals surface area (Å²) in [6.07, 6.45) is 5.25. The van der Waals surface area contributed by atoms with E-state index in [1.165, 1.54) is 0 Å². The van der Waals surface area contributed by atoms with Gasteiger partial charge in [0.05, 0.1) is 17.4 Å². The number of hydrogen-bond acceptors (Lipinski definition) is 4. The van der Waals surface area contributed by atoms with Crippen LogP contribution in [0.5, 0.6) is 0 Å². The molecule has 0 atom stereocenters. The van der Waals surface area contributed by atoms with Crippen molar-refractivity contribution in [3.8, 4) is 0 Å². The van der Waals surface area contributed by atoms with Crippen LogP contribution in [0.4, 0.5) is 5.95 Å². The molecule has 0 saturated carbocycles. The van der Waals surface area contributed by atoms with Gasteiger partial charge in [-0.05, 0) is 24.8 Å². The van der Waals surface area contributed by atoms with Crippen molar-refractivity contribution in [2.45, 2.75) is 26.7 Å². The lowest BCUT2D eigenvalue weighted by molar-refractivity contribution is 0.294. The van der Waals surface area contributed by atoms with Crippen molar-refractivity contribution in [2.24, 2.45) is 11.1 Å². The molecule has 1 rings (SSSR count). The first-order chi connectivity index (χ1) is 7.65. The van der Waals surface area contributed by atoms with Crippen LogP contribution in [0.1, 0.15) is 26.7 Å². The van der Waals surface area contributed by atoms with Crippen LogP contribution in [-0.2, 0) is 0 Å². The molecule has 1 heterocycles. The lowest BCUT2D eigenvalue weighted by atomic mass is 9.82. The van der Waals surface area contributed by atoms with E-state index in [9.17, 15) is 0 Å². The molecule has 3 N–H and O–H groups in total. The topological polar surface area (TPSA) is 63.8 Å². The number of nitrogens with one attached hydrogen (secondary N) is 1. The molecule has 0 unspecified atom stereocenters. The zero-order valence-corrected chi connectivity index (χ0v) is 10.6. The second kappa shape index (κ2) is 6.01. The third-order valence-corrected chi connectivity index (χ3v) is 3.37. The summed E-state index contributed by atoms with van der Waals surface area (Å²) in [4.78, 5) is 8.18. The van der Waals surface area contributed by atoms with Crippen LogP contribution in [0.2, 0.25) is 5.02 Å². The van der Waals surface area contributed by atoms with Crippen molar-refractivity contribution < 1.29 is 0 Å². The van der Waals surface area contributed by atoms with Gasteiger partial charge in [-0.15, -0.1) is 0 Å². The first-order valence-corrected chi connectivity index (χ1v) is 5.95. The summed E-state index contributed by atoms with van der Waals surface area (Å²) in [6.45, 7) is 5.76. The number of hydrogen-bond donors (Lipinski definition) is 2. The van der Waals surface area contributed by atoms with Crippen molar-refractivity contribution >= 4 is 17.5 Å². The molecule has 0 saturated heterocycles. The van der Waals surface area contributed by atoms with Gasteiger partial charge in [0.25, 0.3) is 0 Å². The average Bonchev–Trinajstić information content (AvgIpc) is 2.34. The second-order valence-electron chi connectivity index (χ2n) is 3.99. The largest absolute Gasteiger partial charge is 0.354 e. The summed E-state index contributed by atoms with van der Waals surface area (Å²) < 4.78 is 0. The quantitative estimate of drug-likeness (QED) is 0.804. The Labute approximate surface area is 102 Å². The highest BCUT2D eigenvalue weighted by atomic mass is 35.5. The zero-order chi connectivity index (χ0) is 12.0. The van der Waals surface area contributed by atoms with Gasteiger partial charge < -0.3 is 11.1 Å². The molecule has 0 fully saturated rings. The lowest BCUT2D eigenvalue weighted by Gasteiger charge is -2.30. The monoisotopic (exact) mass is 242 g/mol. The van der Waals surface area contributed by atoms with E-state index in [4.69, 9.17) is 17.3 Å². The maximum atomic E-state index is 5.82. The molecule has 1 aromatic rings. The number of nitrogens with zero attached hydrogens (tertiary/aromatic N) is 2. The van der Waals surface area contributed by atoms with Gasteiger partial charge in [0.1, 0.15) is 0 Å². The lowest BCUT2D eigenvalue weighted by Crippen LogP contribution is -2.36. The van der Waals surface area contributed by atoms with E-state index in [1.807, 2.05) is 0 Å². The van der Waals surface area contributed by atoms with E-state index in [0.29, 0.717) is 17.5 Å². The Kier molecular flexibility index (Phi) is 4.96. The predicted octanol–water partition coefficient (Wildman–Crippen LogP) is 2.31. The Hall–Kier alpha value is -0.870. The highest BCUT2D eigenvalue weighted by Crippen LogP contribution is 2.24. The third kappa shape index (κ3) is 3.32. The van der Waals surface area contributed by atoms with Crippen LogP contribution in [0.15, 0.2) is 12.4 Å². The van der Waals surface area contributed by atoms with Gasteiger partial charge in [-0.25, -0.2) is 9.97 Å². The molecule has 16 heavy (non-hydrogen) atoms. The van der Waals surface area contributed by atoms with E-state index in [1.54, 1.807) is 12.4 Å². The molecular weight excluding hydrogens is 224 g/mol. The minimum Gasteiger partial charge on any atom is -0.354 e. The fourth-order valence-electron chi connectivity index (χ4n) is 1.53. The molecule has 0 radical (unpaired) electrons. The van der Waals surface area contributed by atoms with E-state index in [2.05, 4.69) is 29.1 Å². The van der Waals surface area contributed by atoms with E-state index >= 15 is 0 Å². The smallest absolute Gasteiger partial charge is 0.222 e. The minimum absolute atomic E-state index is 0.128. The van der Waals surface area contributed by atoms with Gasteiger partial charge in [-0.3, -0.25) is 0 Å². The van der Waals surface area contributed by atoms with E-state index < -0.39 is 0 Å². The van der Waals surface area contributed by atoms with Crippen LogP contribution in [0, 0.1) is 5.41 Å². The maximum absolute atomic E-state index is 5.82. The Morgan fingerprint density at radius 1 is 1.31 bits per heavy atom. The number of halogens is 1. The van der Waals surface area contributed by atoms with Crippen molar-refractivity contribution in [1.29, 1.82) is 0 Å². The molecule has 4 nitrogen and oxygen atoms in total. The van der Waals surface area contributed by atoms with Gasteiger partial charge in [-0.2, -0.15) is 0 Å². The molecule has 0 bridgehead atoms. The molecule has 0 amide bonds. The summed E-state index contributed by atoms with van der Waals surface area (Å²) in [5, 5.41) is 3.75. The Bertz CT molecular complexity index is 300. The zero-order valence-electron chi connectivity index (χ0n) is 9.83. The highest BCUT2D eigenvalue weighted by Gasteiger charge is 2.24. The van der Waals surface area contributed by atoms with Crippen LogP contribution in [0.25, 0.3) is 0 Å². The van der Waals surface area contributed by atoms with Gasteiger partial charge in [0.2, 0.25) is 5.95 Å². The molecule has 0 aliphatic rings. The van der Waals surface area contributed by atoms with Crippen LogP contribution >= 0.6 is 11.6 Å². The van der Waals surface area contributed by atoms with Crippen LogP contribution in [-0.4, -0.2) is 23.1 Å². The normalized spacial score (nSPS) is 11.5. The number of anilines is 1. The van der Waals surface area contributed by atoms with Crippen LogP contribution < -0.4 is 11.1 Å². The standard InChI is InChI=1S/C11H19ClN4/c1-3-11(4-2,7-13)8-16-10-14-5-9(12)6-15-10/h5-6H,3-4,7-8,13H2,1-2H3,(H,14,15,16). The number of rotatable bonds is 6. The fraction of sp³-hybridized carbons (Fsp3) is 0.636. The molecule has 0 aliphatic carbocycles.